The van der Waals surface area contributed by atoms with Gasteiger partial charge < -0.3 is 14.5 Å². The zero-order valence-electron chi connectivity index (χ0n) is 14.7. The number of rotatable bonds is 5. The number of benzene rings is 2. The van der Waals surface area contributed by atoms with Crippen molar-refractivity contribution in [2.75, 3.05) is 31.1 Å². The average Bonchev–Trinajstić information content (AvgIpc) is 2.68. The molecule has 0 aromatic heterocycles. The van der Waals surface area contributed by atoms with Gasteiger partial charge in [-0.2, -0.15) is 0 Å². The van der Waals surface area contributed by atoms with Crippen molar-refractivity contribution < 1.29 is 13.9 Å². The van der Waals surface area contributed by atoms with Crippen LogP contribution in [0.2, 0.25) is 5.02 Å². The minimum atomic E-state index is -0.506. The molecule has 3 rings (SSSR count). The van der Waals surface area contributed by atoms with E-state index in [2.05, 4.69) is 4.90 Å². The normalized spacial score (nSPS) is 15.7. The highest BCUT2D eigenvalue weighted by molar-refractivity contribution is 6.30. The molecular weight excluding hydrogens is 355 g/mol. The van der Waals surface area contributed by atoms with E-state index in [-0.39, 0.29) is 11.7 Å². The third kappa shape index (κ3) is 4.47. The average molecular weight is 377 g/mol. The molecule has 2 aromatic carbocycles. The molecule has 0 radical (unpaired) electrons. The Kier molecular flexibility index (Phi) is 5.99. The predicted octanol–water partition coefficient (Wildman–Crippen LogP) is 3.99. The van der Waals surface area contributed by atoms with Crippen molar-refractivity contribution in [3.63, 3.8) is 0 Å². The maximum absolute atomic E-state index is 13.1. The second-order valence-corrected chi connectivity index (χ2v) is 6.69. The summed E-state index contributed by atoms with van der Waals surface area (Å²) >= 11 is 5.88. The molecule has 1 fully saturated rings. The van der Waals surface area contributed by atoms with Gasteiger partial charge in [-0.25, -0.2) is 4.39 Å². The summed E-state index contributed by atoms with van der Waals surface area (Å²) < 4.78 is 18.9. The number of halogens is 2. The van der Waals surface area contributed by atoms with Crippen LogP contribution in [0.3, 0.4) is 0 Å². The van der Waals surface area contributed by atoms with Crippen LogP contribution in [0.5, 0.6) is 5.75 Å². The molecule has 1 heterocycles. The molecule has 0 aliphatic carbocycles. The van der Waals surface area contributed by atoms with E-state index in [1.165, 1.54) is 12.1 Å². The molecule has 2 aromatic rings. The zero-order chi connectivity index (χ0) is 18.5. The largest absolute Gasteiger partial charge is 0.481 e. The number of anilines is 1. The number of nitrogens with zero attached hydrogens (tertiary/aromatic N) is 2. The lowest BCUT2D eigenvalue weighted by atomic mass is 10.2. The van der Waals surface area contributed by atoms with E-state index in [0.29, 0.717) is 30.3 Å². The van der Waals surface area contributed by atoms with Crippen molar-refractivity contribution in [2.24, 2.45) is 0 Å². The maximum atomic E-state index is 13.1. The Hall–Kier alpha value is -2.27. The van der Waals surface area contributed by atoms with Crippen LogP contribution in [-0.4, -0.2) is 43.1 Å². The molecule has 6 heteroatoms. The van der Waals surface area contributed by atoms with E-state index in [4.69, 9.17) is 16.3 Å². The van der Waals surface area contributed by atoms with E-state index in [9.17, 15) is 9.18 Å². The molecule has 1 amide bonds. The smallest absolute Gasteiger partial charge is 0.263 e. The van der Waals surface area contributed by atoms with E-state index < -0.39 is 6.10 Å². The van der Waals surface area contributed by atoms with Crippen LogP contribution in [0.1, 0.15) is 13.3 Å². The summed E-state index contributed by atoms with van der Waals surface area (Å²) in [6, 6.07) is 13.5. The third-order valence-corrected chi connectivity index (χ3v) is 4.77. The van der Waals surface area contributed by atoms with E-state index in [1.54, 1.807) is 36.4 Å². The minimum absolute atomic E-state index is 0.00112. The Morgan fingerprint density at radius 3 is 2.27 bits per heavy atom. The van der Waals surface area contributed by atoms with Gasteiger partial charge in [0.05, 0.1) is 0 Å². The maximum Gasteiger partial charge on any atom is 0.263 e. The Morgan fingerprint density at radius 2 is 1.69 bits per heavy atom. The SMILES string of the molecule is CC[C@@H](Oc1ccc(Cl)cc1)C(=O)N1CCN(c2ccc(F)cc2)CC1. The Balaban J connectivity index is 1.57. The molecule has 138 valence electrons. The van der Waals surface area contributed by atoms with E-state index >= 15 is 0 Å². The molecule has 0 bridgehead atoms. The fourth-order valence-corrected chi connectivity index (χ4v) is 3.15. The van der Waals surface area contributed by atoms with Crippen molar-refractivity contribution in [1.82, 2.24) is 4.90 Å². The number of hydrogen-bond acceptors (Lipinski definition) is 3. The number of amides is 1. The summed E-state index contributed by atoms with van der Waals surface area (Å²) in [5.41, 5.74) is 0.975. The number of piperazine rings is 1. The molecule has 26 heavy (non-hydrogen) atoms. The lowest BCUT2D eigenvalue weighted by molar-refractivity contribution is -0.139. The summed E-state index contributed by atoms with van der Waals surface area (Å²) in [6.07, 6.45) is 0.0909. The standard InChI is InChI=1S/C20H22ClFN2O2/c1-2-19(26-18-9-3-15(21)4-10-18)20(25)24-13-11-23(12-14-24)17-7-5-16(22)6-8-17/h3-10,19H,2,11-14H2,1H3/t19-/m1/s1. The lowest BCUT2D eigenvalue weighted by Crippen LogP contribution is -2.52. The zero-order valence-corrected chi connectivity index (χ0v) is 15.5. The van der Waals surface area contributed by atoms with Gasteiger partial charge in [0, 0.05) is 36.9 Å². The molecule has 0 spiro atoms. The first-order valence-corrected chi connectivity index (χ1v) is 9.16. The minimum Gasteiger partial charge on any atom is -0.481 e. The van der Waals surface area contributed by atoms with Crippen LogP contribution in [0, 0.1) is 5.82 Å². The Labute approximate surface area is 158 Å². The summed E-state index contributed by atoms with van der Waals surface area (Å²) in [5, 5.41) is 0.633. The molecule has 1 saturated heterocycles. The predicted molar refractivity (Wildman–Crippen MR) is 101 cm³/mol. The van der Waals surface area contributed by atoms with Crippen LogP contribution in [-0.2, 0) is 4.79 Å². The summed E-state index contributed by atoms with van der Waals surface area (Å²) in [5.74, 6) is 0.397. The number of carbonyl (C=O) groups is 1. The monoisotopic (exact) mass is 376 g/mol. The van der Waals surface area contributed by atoms with Crippen LogP contribution < -0.4 is 9.64 Å². The second-order valence-electron chi connectivity index (χ2n) is 6.26. The lowest BCUT2D eigenvalue weighted by Gasteiger charge is -2.37. The summed E-state index contributed by atoms with van der Waals surface area (Å²) in [6.45, 7) is 4.62. The first-order valence-electron chi connectivity index (χ1n) is 8.78. The summed E-state index contributed by atoms with van der Waals surface area (Å²) in [7, 11) is 0. The number of ether oxygens (including phenoxy) is 1. The highest BCUT2D eigenvalue weighted by atomic mass is 35.5. The van der Waals surface area contributed by atoms with Gasteiger partial charge in [-0.05, 0) is 55.0 Å². The third-order valence-electron chi connectivity index (χ3n) is 4.52. The molecule has 4 nitrogen and oxygen atoms in total. The summed E-state index contributed by atoms with van der Waals surface area (Å²) in [4.78, 5) is 16.8. The molecule has 1 atom stereocenters. The van der Waals surface area contributed by atoms with Crippen molar-refractivity contribution in [1.29, 1.82) is 0 Å². The fraction of sp³-hybridized carbons (Fsp3) is 0.350. The van der Waals surface area contributed by atoms with Gasteiger partial charge in [-0.15, -0.1) is 0 Å². The highest BCUT2D eigenvalue weighted by Gasteiger charge is 2.28. The number of hydrogen-bond donors (Lipinski definition) is 0. The van der Waals surface area contributed by atoms with Crippen LogP contribution >= 0.6 is 11.6 Å². The van der Waals surface area contributed by atoms with Gasteiger partial charge in [0.1, 0.15) is 11.6 Å². The van der Waals surface area contributed by atoms with Crippen molar-refractivity contribution >= 4 is 23.2 Å². The van der Waals surface area contributed by atoms with Crippen LogP contribution in [0.25, 0.3) is 0 Å². The topological polar surface area (TPSA) is 32.8 Å². The second kappa shape index (κ2) is 8.41. The van der Waals surface area contributed by atoms with Gasteiger partial charge in [-0.3, -0.25) is 4.79 Å². The fourth-order valence-electron chi connectivity index (χ4n) is 3.03. The number of carbonyl (C=O) groups excluding carboxylic acids is 1. The quantitative estimate of drug-likeness (QED) is 0.791. The molecular formula is C20H22ClFN2O2. The molecule has 1 aliphatic rings. The van der Waals surface area contributed by atoms with Crippen molar-refractivity contribution in [3.8, 4) is 5.75 Å². The molecule has 0 N–H and O–H groups in total. The van der Waals surface area contributed by atoms with Gasteiger partial charge in [0.25, 0.3) is 5.91 Å². The first kappa shape index (κ1) is 18.5. The Bertz CT molecular complexity index is 728. The van der Waals surface area contributed by atoms with E-state index in [1.807, 2.05) is 11.8 Å². The first-order chi connectivity index (χ1) is 12.6. The Morgan fingerprint density at radius 1 is 1.08 bits per heavy atom. The van der Waals surface area contributed by atoms with Crippen molar-refractivity contribution in [3.05, 3.63) is 59.4 Å². The van der Waals surface area contributed by atoms with E-state index in [0.717, 1.165) is 18.8 Å². The molecule has 0 saturated carbocycles. The highest BCUT2D eigenvalue weighted by Crippen LogP contribution is 2.20. The van der Waals surface area contributed by atoms with Gasteiger partial charge in [-0.1, -0.05) is 18.5 Å². The molecule has 0 unspecified atom stereocenters. The van der Waals surface area contributed by atoms with Crippen molar-refractivity contribution in [2.45, 2.75) is 19.4 Å². The van der Waals surface area contributed by atoms with Gasteiger partial charge in [0.2, 0.25) is 0 Å². The molecule has 1 aliphatic heterocycles. The van der Waals surface area contributed by atoms with Crippen LogP contribution in [0.15, 0.2) is 48.5 Å². The van der Waals surface area contributed by atoms with Gasteiger partial charge in [0.15, 0.2) is 6.10 Å². The van der Waals surface area contributed by atoms with Gasteiger partial charge >= 0.3 is 0 Å². The van der Waals surface area contributed by atoms with Crippen LogP contribution in [0.4, 0.5) is 10.1 Å².